The fourth-order valence-electron chi connectivity index (χ4n) is 2.73. The summed E-state index contributed by atoms with van der Waals surface area (Å²) in [5.41, 5.74) is 1.18. The fraction of sp³-hybridized carbons (Fsp3) is 0.625. The smallest absolute Gasteiger partial charge is 0.203 e. The van der Waals surface area contributed by atoms with Crippen molar-refractivity contribution in [1.82, 2.24) is 10.2 Å². The summed E-state index contributed by atoms with van der Waals surface area (Å²) in [4.78, 5) is 2.44. The van der Waals surface area contributed by atoms with Gasteiger partial charge >= 0.3 is 0 Å². The van der Waals surface area contributed by atoms with Gasteiger partial charge in [0, 0.05) is 32.2 Å². The molecule has 0 aliphatic carbocycles. The number of benzene rings is 1. The zero-order chi connectivity index (χ0) is 15.2. The molecule has 0 bridgehead atoms. The lowest BCUT2D eigenvalue weighted by Gasteiger charge is -2.32. The summed E-state index contributed by atoms with van der Waals surface area (Å²) in [5, 5.41) is 3.46. The number of ether oxygens (including phenoxy) is 3. The van der Waals surface area contributed by atoms with Gasteiger partial charge in [0.1, 0.15) is 0 Å². The van der Waals surface area contributed by atoms with Crippen molar-refractivity contribution >= 4 is 12.4 Å². The number of nitrogens with one attached hydrogen (secondary N) is 1. The van der Waals surface area contributed by atoms with Crippen molar-refractivity contribution in [2.45, 2.75) is 26.4 Å². The van der Waals surface area contributed by atoms with Crippen LogP contribution in [0.15, 0.2) is 12.1 Å². The molecule has 1 aromatic carbocycles. The monoisotopic (exact) mass is 330 g/mol. The Hall–Kier alpha value is -1.17. The first-order chi connectivity index (χ1) is 10.2. The van der Waals surface area contributed by atoms with E-state index in [1.54, 1.807) is 14.2 Å². The first-order valence-electron chi connectivity index (χ1n) is 7.51. The quantitative estimate of drug-likeness (QED) is 0.867. The van der Waals surface area contributed by atoms with Gasteiger partial charge in [-0.2, -0.15) is 0 Å². The van der Waals surface area contributed by atoms with E-state index in [2.05, 4.69) is 17.1 Å². The van der Waals surface area contributed by atoms with E-state index in [1.165, 1.54) is 5.56 Å². The summed E-state index contributed by atoms with van der Waals surface area (Å²) in [5.74, 6) is 2.14. The van der Waals surface area contributed by atoms with E-state index in [9.17, 15) is 0 Å². The minimum absolute atomic E-state index is 0. The Morgan fingerprint density at radius 3 is 2.36 bits per heavy atom. The molecule has 0 saturated carbocycles. The number of hydrogen-bond acceptors (Lipinski definition) is 5. The van der Waals surface area contributed by atoms with Crippen molar-refractivity contribution in [2.75, 3.05) is 40.5 Å². The molecule has 0 unspecified atom stereocenters. The van der Waals surface area contributed by atoms with Crippen LogP contribution in [0.25, 0.3) is 0 Å². The minimum atomic E-state index is 0. The van der Waals surface area contributed by atoms with Crippen LogP contribution in [0.2, 0.25) is 0 Å². The third-order valence-electron chi connectivity index (χ3n) is 3.67. The second kappa shape index (κ2) is 9.08. The first kappa shape index (κ1) is 18.9. The largest absolute Gasteiger partial charge is 0.493 e. The Balaban J connectivity index is 0.00000242. The van der Waals surface area contributed by atoms with E-state index >= 15 is 0 Å². The topological polar surface area (TPSA) is 43.0 Å². The second-order valence-electron chi connectivity index (χ2n) is 5.35. The molecule has 1 aliphatic heterocycles. The molecule has 0 aromatic heterocycles. The molecule has 1 heterocycles. The maximum absolute atomic E-state index is 5.64. The van der Waals surface area contributed by atoms with Crippen LogP contribution in [0, 0.1) is 0 Å². The van der Waals surface area contributed by atoms with Crippen LogP contribution in [-0.4, -0.2) is 51.4 Å². The van der Waals surface area contributed by atoms with Crippen molar-refractivity contribution < 1.29 is 14.2 Å². The number of piperazine rings is 1. The lowest BCUT2D eigenvalue weighted by Crippen LogP contribution is -2.48. The van der Waals surface area contributed by atoms with Crippen molar-refractivity contribution in [3.63, 3.8) is 0 Å². The van der Waals surface area contributed by atoms with Gasteiger partial charge in [-0.3, -0.25) is 4.90 Å². The van der Waals surface area contributed by atoms with Crippen LogP contribution >= 0.6 is 12.4 Å². The highest BCUT2D eigenvalue weighted by Gasteiger charge is 2.18. The molecule has 0 spiro atoms. The average molecular weight is 331 g/mol. The zero-order valence-electron chi connectivity index (χ0n) is 13.8. The predicted octanol–water partition coefficient (Wildman–Crippen LogP) is 2.32. The Bertz CT molecular complexity index is 446. The van der Waals surface area contributed by atoms with Crippen LogP contribution in [0.5, 0.6) is 17.2 Å². The molecular formula is C16H27ClN2O3. The summed E-state index contributed by atoms with van der Waals surface area (Å²) >= 11 is 0. The molecule has 5 nitrogen and oxygen atoms in total. The predicted molar refractivity (Wildman–Crippen MR) is 90.7 cm³/mol. The third kappa shape index (κ3) is 4.66. The first-order valence-corrected chi connectivity index (χ1v) is 7.51. The molecule has 126 valence electrons. The molecule has 1 aliphatic rings. The molecule has 6 heteroatoms. The lowest BCUT2D eigenvalue weighted by molar-refractivity contribution is 0.199. The molecule has 1 N–H and O–H groups in total. The van der Waals surface area contributed by atoms with Gasteiger partial charge in [-0.15, -0.1) is 12.4 Å². The van der Waals surface area contributed by atoms with Crippen LogP contribution in [0.3, 0.4) is 0 Å². The molecule has 2 rings (SSSR count). The van der Waals surface area contributed by atoms with Crippen molar-refractivity contribution in [1.29, 1.82) is 0 Å². The Kier molecular flexibility index (Phi) is 7.79. The summed E-state index contributed by atoms with van der Waals surface area (Å²) in [6, 6.07) is 4.62. The highest BCUT2D eigenvalue weighted by Crippen LogP contribution is 2.38. The van der Waals surface area contributed by atoms with Crippen LogP contribution in [-0.2, 0) is 6.54 Å². The normalized spacial score (nSPS) is 18.5. The lowest BCUT2D eigenvalue weighted by atomic mass is 10.1. The Labute approximate surface area is 139 Å². The highest BCUT2D eigenvalue weighted by molar-refractivity contribution is 5.85. The molecule has 1 atom stereocenters. The van der Waals surface area contributed by atoms with Gasteiger partial charge in [-0.1, -0.05) is 0 Å². The molecule has 1 saturated heterocycles. The third-order valence-corrected chi connectivity index (χ3v) is 3.67. The van der Waals surface area contributed by atoms with Gasteiger partial charge < -0.3 is 19.5 Å². The van der Waals surface area contributed by atoms with Crippen LogP contribution < -0.4 is 19.5 Å². The number of hydrogen-bond donors (Lipinski definition) is 1. The number of halogens is 1. The molecule has 1 fully saturated rings. The highest BCUT2D eigenvalue weighted by atomic mass is 35.5. The van der Waals surface area contributed by atoms with E-state index in [1.807, 2.05) is 19.1 Å². The number of rotatable bonds is 6. The maximum atomic E-state index is 5.64. The van der Waals surface area contributed by atoms with Gasteiger partial charge in [0.25, 0.3) is 0 Å². The summed E-state index contributed by atoms with van der Waals surface area (Å²) < 4.78 is 16.5. The minimum Gasteiger partial charge on any atom is -0.493 e. The van der Waals surface area contributed by atoms with E-state index < -0.39 is 0 Å². The molecular weight excluding hydrogens is 304 g/mol. The maximum Gasteiger partial charge on any atom is 0.203 e. The van der Waals surface area contributed by atoms with Gasteiger partial charge in [-0.25, -0.2) is 0 Å². The summed E-state index contributed by atoms with van der Waals surface area (Å²) in [6.45, 7) is 8.79. The van der Waals surface area contributed by atoms with Crippen molar-refractivity contribution in [3.8, 4) is 17.2 Å². The van der Waals surface area contributed by atoms with Gasteiger partial charge in [-0.05, 0) is 31.5 Å². The molecule has 1 aromatic rings. The van der Waals surface area contributed by atoms with Crippen molar-refractivity contribution in [3.05, 3.63) is 17.7 Å². The molecule has 22 heavy (non-hydrogen) atoms. The SMILES string of the molecule is CCOc1c(OC)cc(CN2CCN[C@@H](C)C2)cc1OC.Cl. The van der Waals surface area contributed by atoms with Crippen molar-refractivity contribution in [2.24, 2.45) is 0 Å². The van der Waals surface area contributed by atoms with Gasteiger partial charge in [0.05, 0.1) is 20.8 Å². The second-order valence-corrected chi connectivity index (χ2v) is 5.35. The van der Waals surface area contributed by atoms with Gasteiger partial charge in [0.2, 0.25) is 5.75 Å². The molecule has 0 amide bonds. The fourth-order valence-corrected chi connectivity index (χ4v) is 2.73. The van der Waals surface area contributed by atoms with E-state index in [4.69, 9.17) is 14.2 Å². The number of nitrogens with zero attached hydrogens (tertiary/aromatic N) is 1. The number of methoxy groups -OCH3 is 2. The van der Waals surface area contributed by atoms with E-state index in [-0.39, 0.29) is 12.4 Å². The van der Waals surface area contributed by atoms with Crippen LogP contribution in [0.4, 0.5) is 0 Å². The van der Waals surface area contributed by atoms with Gasteiger partial charge in [0.15, 0.2) is 11.5 Å². The Morgan fingerprint density at radius 1 is 1.23 bits per heavy atom. The molecule has 0 radical (unpaired) electrons. The summed E-state index contributed by atoms with van der Waals surface area (Å²) in [6.07, 6.45) is 0. The Morgan fingerprint density at radius 2 is 1.86 bits per heavy atom. The average Bonchev–Trinajstić information content (AvgIpc) is 2.48. The van der Waals surface area contributed by atoms with E-state index in [0.29, 0.717) is 18.4 Å². The standard InChI is InChI=1S/C16H26N2O3.ClH/c1-5-21-16-14(19-3)8-13(9-15(16)20-4)11-18-7-6-17-12(2)10-18;/h8-9,12,17H,5-7,10-11H2,1-4H3;1H/t12-;/m0./s1. The zero-order valence-corrected chi connectivity index (χ0v) is 14.7. The van der Waals surface area contributed by atoms with Crippen LogP contribution in [0.1, 0.15) is 19.4 Å². The summed E-state index contributed by atoms with van der Waals surface area (Å²) in [7, 11) is 3.32. The van der Waals surface area contributed by atoms with E-state index in [0.717, 1.165) is 37.7 Å².